The molecule has 13 heteroatoms. The highest BCUT2D eigenvalue weighted by Gasteiger charge is 2.24. The maximum Gasteiger partial charge on any atom is 0.415 e. The molecule has 0 bridgehead atoms. The topological polar surface area (TPSA) is 184 Å². The van der Waals surface area contributed by atoms with Gasteiger partial charge < -0.3 is 25.9 Å². The van der Waals surface area contributed by atoms with Crippen molar-refractivity contribution in [1.82, 2.24) is 19.5 Å². The lowest BCUT2D eigenvalue weighted by atomic mass is 10.2. The molecule has 3 aromatic rings. The number of nitrogens with zero attached hydrogens (tertiary/aromatic N) is 5. The second-order valence-corrected chi connectivity index (χ2v) is 7.96. The number of ether oxygens (including phenoxy) is 1. The molecule has 0 radical (unpaired) electrons. The number of pyridine rings is 1. The Bertz CT molecular complexity index is 1290. The number of carbonyl (C=O) groups excluding carboxylic acids is 2. The summed E-state index contributed by atoms with van der Waals surface area (Å²) in [7, 11) is 1.43. The van der Waals surface area contributed by atoms with Crippen LogP contribution < -0.4 is 27.2 Å². The Balaban J connectivity index is 2.06. The number of aromatic nitrogens is 4. The quantitative estimate of drug-likeness (QED) is 0.448. The van der Waals surface area contributed by atoms with Crippen LogP contribution in [0.15, 0.2) is 52.3 Å². The lowest BCUT2D eigenvalue weighted by molar-refractivity contribution is -0.112. The summed E-state index contributed by atoms with van der Waals surface area (Å²) in [5.41, 5.74) is 9.59. The fourth-order valence-corrected chi connectivity index (χ4v) is 2.69. The van der Waals surface area contributed by atoms with Crippen molar-refractivity contribution >= 4 is 34.9 Å². The molecule has 0 fully saturated rings. The first kappa shape index (κ1) is 24.0. The molecule has 0 spiro atoms. The van der Waals surface area contributed by atoms with Crippen LogP contribution in [0.5, 0.6) is 0 Å². The Labute approximate surface area is 194 Å². The number of nitrogens with one attached hydrogen (secondary N) is 1. The molecule has 2 amide bonds. The van der Waals surface area contributed by atoms with E-state index in [0.717, 1.165) is 11.1 Å². The van der Waals surface area contributed by atoms with Crippen molar-refractivity contribution in [3.8, 4) is 6.01 Å². The summed E-state index contributed by atoms with van der Waals surface area (Å²) in [5.74, 6) is -0.893. The van der Waals surface area contributed by atoms with E-state index in [0.29, 0.717) is 0 Å². The van der Waals surface area contributed by atoms with Crippen LogP contribution in [-0.4, -0.2) is 44.2 Å². The first-order valence-corrected chi connectivity index (χ1v) is 9.96. The molecule has 34 heavy (non-hydrogen) atoms. The molecular formula is C21H24N8O5. The van der Waals surface area contributed by atoms with Crippen LogP contribution in [0.2, 0.25) is 0 Å². The van der Waals surface area contributed by atoms with Crippen LogP contribution in [-0.2, 0) is 9.53 Å². The lowest BCUT2D eigenvalue weighted by Crippen LogP contribution is -2.35. The van der Waals surface area contributed by atoms with Gasteiger partial charge in [0.15, 0.2) is 5.82 Å². The number of anilines is 3. The molecule has 3 heterocycles. The van der Waals surface area contributed by atoms with E-state index in [1.807, 2.05) is 0 Å². The number of carbonyl (C=O) groups is 2. The summed E-state index contributed by atoms with van der Waals surface area (Å²) in [4.78, 5) is 50.8. The standard InChI is InChI=1S/C21H24N8O5/c1-21(2,3)34-20(32)28(4)15-10-14(26-17(27-15)12(11-22)16(23)30)25-13-6-5-8-29(18(13)31)19-24-7-9-33-19/h5-11H,22H2,1-4H3,(H2,23,30)(H,25,26,27)/b12-11-. The van der Waals surface area contributed by atoms with Crippen molar-refractivity contribution in [2.75, 3.05) is 17.3 Å². The fraction of sp³-hybridized carbons (Fsp3) is 0.238. The van der Waals surface area contributed by atoms with E-state index >= 15 is 0 Å². The van der Waals surface area contributed by atoms with Crippen LogP contribution in [0.4, 0.5) is 22.1 Å². The van der Waals surface area contributed by atoms with E-state index < -0.39 is 23.2 Å². The Morgan fingerprint density at radius 3 is 2.62 bits per heavy atom. The maximum absolute atomic E-state index is 12.9. The molecule has 13 nitrogen and oxygen atoms in total. The largest absolute Gasteiger partial charge is 0.443 e. The summed E-state index contributed by atoms with van der Waals surface area (Å²) in [6, 6.07) is 4.57. The molecule has 0 aliphatic carbocycles. The molecule has 0 aliphatic heterocycles. The van der Waals surface area contributed by atoms with Crippen molar-refractivity contribution in [3.05, 3.63) is 59.2 Å². The number of oxazole rings is 1. The van der Waals surface area contributed by atoms with Gasteiger partial charge in [-0.3, -0.25) is 14.5 Å². The third kappa shape index (κ3) is 5.38. The van der Waals surface area contributed by atoms with Crippen molar-refractivity contribution in [3.63, 3.8) is 0 Å². The summed E-state index contributed by atoms with van der Waals surface area (Å²) in [6.45, 7) is 5.15. The third-order valence-corrected chi connectivity index (χ3v) is 4.23. The van der Waals surface area contributed by atoms with Crippen LogP contribution in [0.25, 0.3) is 11.6 Å². The van der Waals surface area contributed by atoms with Gasteiger partial charge in [-0.25, -0.2) is 24.3 Å². The summed E-state index contributed by atoms with van der Waals surface area (Å²) < 4.78 is 11.7. The zero-order valence-corrected chi connectivity index (χ0v) is 19.0. The molecule has 5 N–H and O–H groups in total. The van der Waals surface area contributed by atoms with Gasteiger partial charge in [-0.2, -0.15) is 0 Å². The van der Waals surface area contributed by atoms with Crippen molar-refractivity contribution in [1.29, 1.82) is 0 Å². The van der Waals surface area contributed by atoms with Gasteiger partial charge in [0, 0.05) is 25.5 Å². The summed E-state index contributed by atoms with van der Waals surface area (Å²) >= 11 is 0. The van der Waals surface area contributed by atoms with Crippen LogP contribution >= 0.6 is 0 Å². The highest BCUT2D eigenvalue weighted by atomic mass is 16.6. The second kappa shape index (κ2) is 9.44. The third-order valence-electron chi connectivity index (χ3n) is 4.23. The number of hydrogen-bond donors (Lipinski definition) is 3. The molecule has 3 aromatic heterocycles. The Kier molecular flexibility index (Phi) is 6.66. The number of amides is 2. The molecule has 0 aliphatic rings. The number of primary amides is 1. The smallest absolute Gasteiger partial charge is 0.415 e. The van der Waals surface area contributed by atoms with Gasteiger partial charge >= 0.3 is 12.1 Å². The normalized spacial score (nSPS) is 11.7. The Hall–Kier alpha value is -4.68. The van der Waals surface area contributed by atoms with Gasteiger partial charge in [-0.15, -0.1) is 0 Å². The van der Waals surface area contributed by atoms with Gasteiger partial charge in [0.2, 0.25) is 0 Å². The van der Waals surface area contributed by atoms with Gasteiger partial charge in [0.05, 0.1) is 11.8 Å². The first-order valence-electron chi connectivity index (χ1n) is 9.96. The molecule has 178 valence electrons. The highest BCUT2D eigenvalue weighted by molar-refractivity contribution is 6.17. The highest BCUT2D eigenvalue weighted by Crippen LogP contribution is 2.22. The minimum atomic E-state index is -0.878. The van der Waals surface area contributed by atoms with E-state index in [9.17, 15) is 14.4 Å². The van der Waals surface area contributed by atoms with Gasteiger partial charge in [0.25, 0.3) is 11.5 Å². The van der Waals surface area contributed by atoms with Gasteiger partial charge in [0.1, 0.15) is 29.2 Å². The van der Waals surface area contributed by atoms with Crippen LogP contribution in [0, 0.1) is 0 Å². The molecule has 0 saturated carbocycles. The fourth-order valence-electron chi connectivity index (χ4n) is 2.69. The maximum atomic E-state index is 12.9. The molecule has 0 unspecified atom stereocenters. The average Bonchev–Trinajstić information content (AvgIpc) is 3.28. The average molecular weight is 468 g/mol. The van der Waals surface area contributed by atoms with Crippen LogP contribution in [0.3, 0.4) is 0 Å². The van der Waals surface area contributed by atoms with E-state index in [2.05, 4.69) is 20.3 Å². The van der Waals surface area contributed by atoms with E-state index in [-0.39, 0.29) is 34.7 Å². The second-order valence-electron chi connectivity index (χ2n) is 7.96. The SMILES string of the molecule is CN(C(=O)OC(C)(C)C)c1cc(Nc2cccn(-c3ncco3)c2=O)nc(/C(=C\N)C(N)=O)n1. The summed E-state index contributed by atoms with van der Waals surface area (Å²) in [6.07, 6.45) is 4.47. The predicted molar refractivity (Wildman–Crippen MR) is 123 cm³/mol. The number of hydrogen-bond acceptors (Lipinski definition) is 10. The van der Waals surface area contributed by atoms with Crippen molar-refractivity contribution < 1.29 is 18.7 Å². The monoisotopic (exact) mass is 468 g/mol. The molecule has 0 saturated heterocycles. The minimum Gasteiger partial charge on any atom is -0.443 e. The van der Waals surface area contributed by atoms with Crippen molar-refractivity contribution in [2.24, 2.45) is 11.5 Å². The Morgan fingerprint density at radius 1 is 1.29 bits per heavy atom. The van der Waals surface area contributed by atoms with Gasteiger partial charge in [-0.1, -0.05) is 0 Å². The number of rotatable bonds is 6. The number of nitrogens with two attached hydrogens (primary N) is 2. The Morgan fingerprint density at radius 2 is 2.03 bits per heavy atom. The molecule has 0 aromatic carbocycles. The zero-order valence-electron chi connectivity index (χ0n) is 19.0. The van der Waals surface area contributed by atoms with Crippen molar-refractivity contribution in [2.45, 2.75) is 26.4 Å². The van der Waals surface area contributed by atoms with E-state index in [4.69, 9.17) is 20.6 Å². The van der Waals surface area contributed by atoms with Gasteiger partial charge in [-0.05, 0) is 32.9 Å². The zero-order chi connectivity index (χ0) is 25.0. The predicted octanol–water partition coefficient (Wildman–Crippen LogP) is 1.52. The molecular weight excluding hydrogens is 444 g/mol. The molecule has 0 atom stereocenters. The van der Waals surface area contributed by atoms with Crippen LogP contribution in [0.1, 0.15) is 26.6 Å². The minimum absolute atomic E-state index is 0.0614. The summed E-state index contributed by atoms with van der Waals surface area (Å²) in [5, 5.41) is 2.86. The lowest BCUT2D eigenvalue weighted by Gasteiger charge is -2.24. The van der Waals surface area contributed by atoms with E-state index in [1.165, 1.54) is 42.4 Å². The van der Waals surface area contributed by atoms with E-state index in [1.54, 1.807) is 26.8 Å². The first-order chi connectivity index (χ1) is 16.0. The molecule has 3 rings (SSSR count).